The van der Waals surface area contributed by atoms with E-state index < -0.39 is 34.7 Å². The molecule has 2 atom stereocenters. The van der Waals surface area contributed by atoms with Crippen LogP contribution in [0.4, 0.5) is 0 Å². The summed E-state index contributed by atoms with van der Waals surface area (Å²) in [4.78, 5) is 27.5. The van der Waals surface area contributed by atoms with Gasteiger partial charge < -0.3 is 9.47 Å². The molecule has 0 saturated carbocycles. The highest BCUT2D eigenvalue weighted by molar-refractivity contribution is 5.79. The standard InChI is InChI=1S/C36H47NO4/c1-8-9-19-27(32(38)40-34(2,3)4)26-31(33(39)41-35(5,6)7)37-36(28-20-13-10-14-21-28,29-22-15-11-16-23-29)30-24-17-12-18-25-30/h10-18,20-25,27,31,37H,8-9,19,26H2,1-7H3/t27-,31-/m0/s1. The number of rotatable bonds is 12. The fourth-order valence-corrected chi connectivity index (χ4v) is 5.11. The number of hydrogen-bond donors (Lipinski definition) is 1. The maximum Gasteiger partial charge on any atom is 0.323 e. The Kier molecular flexibility index (Phi) is 10.9. The Morgan fingerprint density at radius 2 is 1.05 bits per heavy atom. The smallest absolute Gasteiger partial charge is 0.323 e. The molecule has 0 bridgehead atoms. The second kappa shape index (κ2) is 14.0. The van der Waals surface area contributed by atoms with Crippen LogP contribution in [0.3, 0.4) is 0 Å². The van der Waals surface area contributed by atoms with Gasteiger partial charge in [-0.25, -0.2) is 0 Å². The molecule has 3 rings (SSSR count). The topological polar surface area (TPSA) is 64.6 Å². The van der Waals surface area contributed by atoms with Gasteiger partial charge in [-0.15, -0.1) is 0 Å². The van der Waals surface area contributed by atoms with Gasteiger partial charge in [-0.1, -0.05) is 111 Å². The van der Waals surface area contributed by atoms with Gasteiger partial charge in [0.05, 0.1) is 11.5 Å². The van der Waals surface area contributed by atoms with E-state index in [9.17, 15) is 9.59 Å². The molecule has 5 heteroatoms. The second-order valence-electron chi connectivity index (χ2n) is 12.7. The van der Waals surface area contributed by atoms with E-state index in [1.165, 1.54) is 0 Å². The van der Waals surface area contributed by atoms with Crippen LogP contribution in [0.5, 0.6) is 0 Å². The largest absolute Gasteiger partial charge is 0.460 e. The zero-order valence-corrected chi connectivity index (χ0v) is 25.8. The van der Waals surface area contributed by atoms with Crippen molar-refractivity contribution in [2.75, 3.05) is 0 Å². The number of carbonyl (C=O) groups excluding carboxylic acids is 2. The highest BCUT2D eigenvalue weighted by Crippen LogP contribution is 2.38. The third-order valence-corrected chi connectivity index (χ3v) is 6.87. The van der Waals surface area contributed by atoms with E-state index in [2.05, 4.69) is 48.6 Å². The van der Waals surface area contributed by atoms with E-state index in [1.807, 2.05) is 96.1 Å². The zero-order valence-electron chi connectivity index (χ0n) is 25.8. The van der Waals surface area contributed by atoms with Crippen molar-refractivity contribution in [2.24, 2.45) is 5.92 Å². The van der Waals surface area contributed by atoms with Crippen LogP contribution >= 0.6 is 0 Å². The van der Waals surface area contributed by atoms with Crippen LogP contribution in [0.2, 0.25) is 0 Å². The molecule has 3 aromatic rings. The maximum absolute atomic E-state index is 14.0. The summed E-state index contributed by atoms with van der Waals surface area (Å²) in [5, 5.41) is 3.78. The normalized spacial score (nSPS) is 13.7. The van der Waals surface area contributed by atoms with Gasteiger partial charge in [0.1, 0.15) is 17.2 Å². The molecule has 0 spiro atoms. The molecular weight excluding hydrogens is 510 g/mol. The van der Waals surface area contributed by atoms with E-state index in [-0.39, 0.29) is 12.4 Å². The van der Waals surface area contributed by atoms with Gasteiger partial charge in [-0.05, 0) is 71.1 Å². The van der Waals surface area contributed by atoms with Crippen LogP contribution in [0, 0.1) is 5.92 Å². The quantitative estimate of drug-likeness (QED) is 0.182. The van der Waals surface area contributed by atoms with Crippen LogP contribution in [-0.4, -0.2) is 29.2 Å². The summed E-state index contributed by atoms with van der Waals surface area (Å²) in [5.41, 5.74) is 0.721. The average molecular weight is 558 g/mol. The third kappa shape index (κ3) is 9.02. The van der Waals surface area contributed by atoms with E-state index in [0.29, 0.717) is 6.42 Å². The molecule has 0 fully saturated rings. The van der Waals surface area contributed by atoms with Gasteiger partial charge in [0.25, 0.3) is 0 Å². The van der Waals surface area contributed by atoms with Crippen LogP contribution in [0.1, 0.15) is 90.8 Å². The zero-order chi connectivity index (χ0) is 30.1. The van der Waals surface area contributed by atoms with Crippen LogP contribution < -0.4 is 5.32 Å². The van der Waals surface area contributed by atoms with Gasteiger partial charge in [-0.3, -0.25) is 14.9 Å². The molecule has 220 valence electrons. The van der Waals surface area contributed by atoms with Gasteiger partial charge in [0.2, 0.25) is 0 Å². The van der Waals surface area contributed by atoms with Crippen molar-refractivity contribution in [3.63, 3.8) is 0 Å². The summed E-state index contributed by atoms with van der Waals surface area (Å²) < 4.78 is 11.8. The molecule has 0 amide bonds. The molecule has 5 nitrogen and oxygen atoms in total. The summed E-state index contributed by atoms with van der Waals surface area (Å²) in [5.74, 6) is -1.15. The lowest BCUT2D eigenvalue weighted by Gasteiger charge is -2.40. The SMILES string of the molecule is CCCC[C@@H](C[C@H](NC(c1ccccc1)(c1ccccc1)c1ccccc1)C(=O)OC(C)(C)C)C(=O)OC(C)(C)C. The molecule has 0 aliphatic heterocycles. The first-order chi connectivity index (χ1) is 19.4. The van der Waals surface area contributed by atoms with Gasteiger partial charge in [0, 0.05) is 0 Å². The highest BCUT2D eigenvalue weighted by Gasteiger charge is 2.42. The van der Waals surface area contributed by atoms with Crippen molar-refractivity contribution in [3.8, 4) is 0 Å². The number of carbonyl (C=O) groups is 2. The second-order valence-corrected chi connectivity index (χ2v) is 12.7. The lowest BCUT2D eigenvalue weighted by Crippen LogP contribution is -2.54. The van der Waals surface area contributed by atoms with Crippen molar-refractivity contribution in [1.82, 2.24) is 5.32 Å². The van der Waals surface area contributed by atoms with E-state index in [0.717, 1.165) is 29.5 Å². The van der Waals surface area contributed by atoms with Crippen molar-refractivity contribution < 1.29 is 19.1 Å². The highest BCUT2D eigenvalue weighted by atomic mass is 16.6. The van der Waals surface area contributed by atoms with Crippen LogP contribution in [0.15, 0.2) is 91.0 Å². The fraction of sp³-hybridized carbons (Fsp3) is 0.444. The van der Waals surface area contributed by atoms with Crippen molar-refractivity contribution in [2.45, 2.75) is 96.9 Å². The minimum absolute atomic E-state index is 0.248. The lowest BCUT2D eigenvalue weighted by atomic mass is 9.76. The Morgan fingerprint density at radius 3 is 1.41 bits per heavy atom. The Balaban J connectivity index is 2.20. The summed E-state index contributed by atoms with van der Waals surface area (Å²) in [7, 11) is 0. The molecule has 1 N–H and O–H groups in total. The van der Waals surface area contributed by atoms with E-state index in [1.54, 1.807) is 0 Å². The molecule has 0 radical (unpaired) electrons. The number of nitrogens with one attached hydrogen (secondary N) is 1. The van der Waals surface area contributed by atoms with Gasteiger partial charge >= 0.3 is 11.9 Å². The summed E-state index contributed by atoms with van der Waals surface area (Å²) in [6.07, 6.45) is 2.66. The Labute approximate surface area is 246 Å². The average Bonchev–Trinajstić information content (AvgIpc) is 2.92. The fourth-order valence-electron chi connectivity index (χ4n) is 5.11. The Bertz CT molecular complexity index is 1130. The summed E-state index contributed by atoms with van der Waals surface area (Å²) in [6, 6.07) is 29.6. The van der Waals surface area contributed by atoms with E-state index in [4.69, 9.17) is 9.47 Å². The summed E-state index contributed by atoms with van der Waals surface area (Å²) in [6.45, 7) is 13.3. The predicted molar refractivity (Wildman–Crippen MR) is 165 cm³/mol. The van der Waals surface area contributed by atoms with Crippen LogP contribution in [-0.2, 0) is 24.6 Å². The first kappa shape index (κ1) is 32.1. The molecule has 41 heavy (non-hydrogen) atoms. The number of ether oxygens (including phenoxy) is 2. The van der Waals surface area contributed by atoms with Gasteiger partial charge in [-0.2, -0.15) is 0 Å². The Morgan fingerprint density at radius 1 is 0.659 bits per heavy atom. The van der Waals surface area contributed by atoms with Crippen molar-refractivity contribution in [3.05, 3.63) is 108 Å². The molecule has 0 aromatic heterocycles. The first-order valence-corrected chi connectivity index (χ1v) is 14.8. The number of unbranched alkanes of at least 4 members (excludes halogenated alkanes) is 1. The number of esters is 2. The third-order valence-electron chi connectivity index (χ3n) is 6.87. The lowest BCUT2D eigenvalue weighted by molar-refractivity contribution is -0.163. The first-order valence-electron chi connectivity index (χ1n) is 14.8. The maximum atomic E-state index is 14.0. The monoisotopic (exact) mass is 557 g/mol. The molecule has 0 aliphatic rings. The molecule has 0 saturated heterocycles. The van der Waals surface area contributed by atoms with Crippen LogP contribution in [0.25, 0.3) is 0 Å². The molecule has 0 unspecified atom stereocenters. The Hall–Kier alpha value is -3.44. The van der Waals surface area contributed by atoms with Gasteiger partial charge in [0.15, 0.2) is 0 Å². The number of benzene rings is 3. The van der Waals surface area contributed by atoms with Crippen molar-refractivity contribution >= 4 is 11.9 Å². The molecule has 0 aliphatic carbocycles. The molecule has 3 aromatic carbocycles. The minimum atomic E-state index is -0.894. The predicted octanol–water partition coefficient (Wildman–Crippen LogP) is 7.82. The number of hydrogen-bond acceptors (Lipinski definition) is 5. The summed E-state index contributed by atoms with van der Waals surface area (Å²) >= 11 is 0. The van der Waals surface area contributed by atoms with E-state index >= 15 is 0 Å². The minimum Gasteiger partial charge on any atom is -0.460 e. The van der Waals surface area contributed by atoms with Crippen molar-refractivity contribution in [1.29, 1.82) is 0 Å². The molecular formula is C36H47NO4. The molecule has 0 heterocycles.